The molecule has 2 N–H and O–H groups in total. The van der Waals surface area contributed by atoms with Crippen LogP contribution in [0.15, 0.2) is 24.3 Å². The lowest BCUT2D eigenvalue weighted by atomic mass is 9.95. The first-order chi connectivity index (χ1) is 14.7. The molecule has 2 aliphatic rings. The van der Waals surface area contributed by atoms with Crippen LogP contribution in [0.1, 0.15) is 61.8 Å². The van der Waals surface area contributed by atoms with E-state index in [1.54, 1.807) is 23.8 Å². The predicted molar refractivity (Wildman–Crippen MR) is 122 cm³/mol. The first kappa shape index (κ1) is 23.6. The molecule has 1 aromatic rings. The number of hydrogen-bond donors (Lipinski definition) is 2. The molecule has 1 fully saturated rings. The number of fused-ring (bicyclic) bond motifs is 3. The second-order valence-corrected chi connectivity index (χ2v) is 10.5. The minimum Gasteiger partial charge on any atom is -0.385 e. The van der Waals surface area contributed by atoms with Gasteiger partial charge in [0.25, 0.3) is 5.91 Å². The zero-order chi connectivity index (χ0) is 22.8. The standard InChI is InChI=1S/C23H33N3O4S/c1-6-14(2)17(19(27)24-12-9-13-30-5)25-20(28)18-23(3,4)31-22-16-11-8-7-10-15(16)21(29)26(18)22/h7-8,10-11,14,17-18,22H,6,9,12-13H2,1-5H3,(H,24,27)(H,25,28)/t14-,17+,18-,22-/m1/s1. The lowest BCUT2D eigenvalue weighted by Gasteiger charge is -2.32. The number of nitrogens with zero attached hydrogens (tertiary/aromatic N) is 1. The minimum atomic E-state index is -0.657. The Labute approximate surface area is 188 Å². The number of methoxy groups -OCH3 is 1. The highest BCUT2D eigenvalue weighted by atomic mass is 32.2. The van der Waals surface area contributed by atoms with Crippen molar-refractivity contribution in [1.82, 2.24) is 15.5 Å². The van der Waals surface area contributed by atoms with Gasteiger partial charge in [0.1, 0.15) is 17.5 Å². The number of nitrogens with one attached hydrogen (secondary N) is 2. The topological polar surface area (TPSA) is 87.7 Å². The molecule has 0 spiro atoms. The average molecular weight is 448 g/mol. The van der Waals surface area contributed by atoms with Crippen molar-refractivity contribution in [2.45, 2.75) is 62.7 Å². The number of rotatable bonds is 9. The number of benzene rings is 1. The Morgan fingerprint density at radius 2 is 2.00 bits per heavy atom. The third kappa shape index (κ3) is 4.60. The number of carbonyl (C=O) groups is 3. The molecule has 0 radical (unpaired) electrons. The van der Waals surface area contributed by atoms with E-state index in [9.17, 15) is 14.4 Å². The maximum absolute atomic E-state index is 13.5. The molecule has 31 heavy (non-hydrogen) atoms. The van der Waals surface area contributed by atoms with Crippen LogP contribution in [0.3, 0.4) is 0 Å². The van der Waals surface area contributed by atoms with Crippen LogP contribution >= 0.6 is 11.8 Å². The van der Waals surface area contributed by atoms with Gasteiger partial charge in [0, 0.05) is 30.6 Å². The Morgan fingerprint density at radius 3 is 2.68 bits per heavy atom. The molecule has 2 aliphatic heterocycles. The molecule has 8 heteroatoms. The Hall–Kier alpha value is -2.06. The van der Waals surface area contributed by atoms with E-state index in [2.05, 4.69) is 10.6 Å². The summed E-state index contributed by atoms with van der Waals surface area (Å²) in [5, 5.41) is 5.69. The van der Waals surface area contributed by atoms with Gasteiger partial charge in [0.2, 0.25) is 11.8 Å². The molecule has 2 heterocycles. The maximum Gasteiger partial charge on any atom is 0.256 e. The quantitative estimate of drug-likeness (QED) is 0.569. The molecular formula is C23H33N3O4S. The van der Waals surface area contributed by atoms with Crippen LogP contribution in [0.4, 0.5) is 0 Å². The molecule has 4 atom stereocenters. The lowest BCUT2D eigenvalue weighted by molar-refractivity contribution is -0.133. The average Bonchev–Trinajstić information content (AvgIpc) is 3.18. The lowest BCUT2D eigenvalue weighted by Crippen LogP contribution is -2.58. The SMILES string of the molecule is CC[C@@H](C)[C@H](NC(=O)[C@H]1N2C(=O)c3ccccc3[C@H]2SC1(C)C)C(=O)NCCCOC. The van der Waals surface area contributed by atoms with Crippen LogP contribution < -0.4 is 10.6 Å². The summed E-state index contributed by atoms with van der Waals surface area (Å²) in [7, 11) is 1.62. The van der Waals surface area contributed by atoms with E-state index in [0.29, 0.717) is 25.1 Å². The molecule has 3 amide bonds. The Bertz CT molecular complexity index is 844. The summed E-state index contributed by atoms with van der Waals surface area (Å²) >= 11 is 1.62. The predicted octanol–water partition coefficient (Wildman–Crippen LogP) is 2.72. The number of thioether (sulfide) groups is 1. The molecule has 170 valence electrons. The van der Waals surface area contributed by atoms with Crippen LogP contribution in [0.5, 0.6) is 0 Å². The zero-order valence-electron chi connectivity index (χ0n) is 18.9. The molecule has 0 aromatic heterocycles. The summed E-state index contributed by atoms with van der Waals surface area (Å²) in [6.07, 6.45) is 1.45. The van der Waals surface area contributed by atoms with Crippen molar-refractivity contribution in [2.24, 2.45) is 5.92 Å². The first-order valence-corrected chi connectivity index (χ1v) is 11.8. The normalized spacial score (nSPS) is 23.1. The highest BCUT2D eigenvalue weighted by Gasteiger charge is 2.57. The maximum atomic E-state index is 13.5. The van der Waals surface area contributed by atoms with Gasteiger partial charge in [-0.3, -0.25) is 14.4 Å². The Kier molecular flexibility index (Phi) is 7.31. The van der Waals surface area contributed by atoms with Crippen LogP contribution in [-0.4, -0.2) is 59.7 Å². The van der Waals surface area contributed by atoms with E-state index in [-0.39, 0.29) is 29.0 Å². The van der Waals surface area contributed by atoms with E-state index in [4.69, 9.17) is 4.74 Å². The van der Waals surface area contributed by atoms with Crippen molar-refractivity contribution in [1.29, 1.82) is 0 Å². The Morgan fingerprint density at radius 1 is 1.29 bits per heavy atom. The molecule has 7 nitrogen and oxygen atoms in total. The fraction of sp³-hybridized carbons (Fsp3) is 0.609. The van der Waals surface area contributed by atoms with Gasteiger partial charge in [0.15, 0.2) is 0 Å². The van der Waals surface area contributed by atoms with Crippen LogP contribution in [0.25, 0.3) is 0 Å². The molecule has 1 aromatic carbocycles. The van der Waals surface area contributed by atoms with Gasteiger partial charge in [0.05, 0.1) is 0 Å². The summed E-state index contributed by atoms with van der Waals surface area (Å²) in [5.41, 5.74) is 1.61. The molecular weight excluding hydrogens is 414 g/mol. The van der Waals surface area contributed by atoms with Gasteiger partial charge < -0.3 is 20.3 Å². The van der Waals surface area contributed by atoms with E-state index in [0.717, 1.165) is 12.0 Å². The van der Waals surface area contributed by atoms with Crippen LogP contribution in [-0.2, 0) is 14.3 Å². The number of hydrogen-bond acceptors (Lipinski definition) is 5. The summed E-state index contributed by atoms with van der Waals surface area (Å²) in [4.78, 5) is 41.2. The van der Waals surface area contributed by atoms with Gasteiger partial charge in [-0.25, -0.2) is 0 Å². The van der Waals surface area contributed by atoms with E-state index < -0.39 is 16.8 Å². The summed E-state index contributed by atoms with van der Waals surface area (Å²) in [6, 6.07) is 6.22. The van der Waals surface area contributed by atoms with E-state index in [1.165, 1.54) is 0 Å². The summed E-state index contributed by atoms with van der Waals surface area (Å²) < 4.78 is 4.54. The summed E-state index contributed by atoms with van der Waals surface area (Å²) in [5.74, 6) is -0.637. The van der Waals surface area contributed by atoms with Crippen LogP contribution in [0.2, 0.25) is 0 Å². The van der Waals surface area contributed by atoms with Crippen molar-refractivity contribution >= 4 is 29.5 Å². The third-order valence-electron chi connectivity index (χ3n) is 6.16. The zero-order valence-corrected chi connectivity index (χ0v) is 19.8. The second-order valence-electron chi connectivity index (χ2n) is 8.79. The van der Waals surface area contributed by atoms with Crippen molar-refractivity contribution < 1.29 is 19.1 Å². The third-order valence-corrected chi connectivity index (χ3v) is 7.70. The van der Waals surface area contributed by atoms with Gasteiger partial charge in [-0.1, -0.05) is 38.5 Å². The minimum absolute atomic E-state index is 0.0363. The summed E-state index contributed by atoms with van der Waals surface area (Å²) in [6.45, 7) is 8.97. The fourth-order valence-electron chi connectivity index (χ4n) is 4.28. The highest BCUT2D eigenvalue weighted by molar-refractivity contribution is 8.01. The number of ether oxygens (including phenoxy) is 1. The van der Waals surface area contributed by atoms with Crippen molar-refractivity contribution in [2.75, 3.05) is 20.3 Å². The first-order valence-electron chi connectivity index (χ1n) is 10.9. The van der Waals surface area contributed by atoms with Gasteiger partial charge >= 0.3 is 0 Å². The van der Waals surface area contributed by atoms with E-state index >= 15 is 0 Å². The van der Waals surface area contributed by atoms with Crippen molar-refractivity contribution in [3.63, 3.8) is 0 Å². The molecule has 0 saturated carbocycles. The second kappa shape index (κ2) is 9.61. The monoisotopic (exact) mass is 447 g/mol. The highest BCUT2D eigenvalue weighted by Crippen LogP contribution is 2.56. The largest absolute Gasteiger partial charge is 0.385 e. The fourth-order valence-corrected chi connectivity index (χ4v) is 5.87. The smallest absolute Gasteiger partial charge is 0.256 e. The van der Waals surface area contributed by atoms with Crippen LogP contribution in [0, 0.1) is 5.92 Å². The molecule has 0 aliphatic carbocycles. The van der Waals surface area contributed by atoms with E-state index in [1.807, 2.05) is 52.0 Å². The number of carbonyl (C=O) groups excluding carboxylic acids is 3. The molecule has 1 saturated heterocycles. The van der Waals surface area contributed by atoms with Gasteiger partial charge in [-0.2, -0.15) is 0 Å². The number of amides is 3. The van der Waals surface area contributed by atoms with Crippen molar-refractivity contribution in [3.05, 3.63) is 35.4 Å². The van der Waals surface area contributed by atoms with Crippen molar-refractivity contribution in [3.8, 4) is 0 Å². The van der Waals surface area contributed by atoms with Gasteiger partial charge in [-0.15, -0.1) is 11.8 Å². The van der Waals surface area contributed by atoms with Gasteiger partial charge in [-0.05, 0) is 37.8 Å². The molecule has 3 rings (SSSR count). The molecule has 0 unspecified atom stereocenters. The Balaban J connectivity index is 1.78. The molecule has 0 bridgehead atoms.